The number of fused-ring (bicyclic) bond motifs is 3. The van der Waals surface area contributed by atoms with Gasteiger partial charge < -0.3 is 29.2 Å². The third-order valence-corrected chi connectivity index (χ3v) is 7.95. The molecule has 2 saturated heterocycles. The first-order valence-corrected chi connectivity index (χ1v) is 13.5. The van der Waals surface area contributed by atoms with Gasteiger partial charge in [-0.15, -0.1) is 0 Å². The molecule has 1 N–H and O–H groups in total. The van der Waals surface area contributed by atoms with E-state index in [4.69, 9.17) is 9.47 Å². The topological polar surface area (TPSA) is 76.0 Å². The number of nitrogens with zero attached hydrogens (tertiary/aromatic N) is 3. The van der Waals surface area contributed by atoms with Crippen LogP contribution in [0.25, 0.3) is 27.4 Å². The zero-order chi connectivity index (χ0) is 26.5. The summed E-state index contributed by atoms with van der Waals surface area (Å²) in [6.45, 7) is 5.07. The van der Waals surface area contributed by atoms with E-state index in [0.29, 0.717) is 49.8 Å². The number of nitrogens with one attached hydrogen (secondary N) is 1. The fourth-order valence-electron chi connectivity index (χ4n) is 5.90. The predicted molar refractivity (Wildman–Crippen MR) is 148 cm³/mol. The summed E-state index contributed by atoms with van der Waals surface area (Å²) in [7, 11) is 0. The zero-order valence-electron chi connectivity index (χ0n) is 21.5. The largest absolute Gasteiger partial charge is 0.451 e. The lowest BCUT2D eigenvalue weighted by Crippen LogP contribution is -2.42. The second-order valence-electron chi connectivity index (χ2n) is 10.3. The minimum atomic E-state index is -0.581. The molecule has 0 unspecified atom stereocenters. The molecule has 7 rings (SSSR count). The zero-order valence-corrected chi connectivity index (χ0v) is 21.5. The molecule has 1 aromatic heterocycles. The van der Waals surface area contributed by atoms with Crippen molar-refractivity contribution >= 4 is 33.3 Å². The van der Waals surface area contributed by atoms with Crippen molar-refractivity contribution in [2.24, 2.45) is 0 Å². The molecule has 200 valence electrons. The number of hydrogen-bond donors (Lipinski definition) is 1. The smallest absolute Gasteiger partial charge is 0.259 e. The van der Waals surface area contributed by atoms with Gasteiger partial charge in [-0.25, -0.2) is 4.39 Å². The molecule has 9 heteroatoms. The highest BCUT2D eigenvalue weighted by molar-refractivity contribution is 6.02. The number of aromatic nitrogens is 1. The van der Waals surface area contributed by atoms with Crippen molar-refractivity contribution in [3.8, 4) is 17.2 Å². The third kappa shape index (κ3) is 4.13. The van der Waals surface area contributed by atoms with E-state index in [2.05, 4.69) is 10.2 Å². The lowest BCUT2D eigenvalue weighted by Gasteiger charge is -2.29. The molecular weight excluding hydrogens is 499 g/mol. The molecule has 0 spiro atoms. The molecule has 0 aliphatic carbocycles. The van der Waals surface area contributed by atoms with E-state index in [-0.39, 0.29) is 28.3 Å². The van der Waals surface area contributed by atoms with Crippen LogP contribution in [0.1, 0.15) is 23.2 Å². The van der Waals surface area contributed by atoms with E-state index in [1.54, 1.807) is 11.1 Å². The molecule has 0 bridgehead atoms. The number of carbonyl (C=O) groups excluding carboxylic acids is 1. The van der Waals surface area contributed by atoms with Crippen LogP contribution in [0.5, 0.6) is 11.5 Å². The van der Waals surface area contributed by atoms with Gasteiger partial charge >= 0.3 is 0 Å². The normalized spacial score (nSPS) is 16.9. The molecule has 3 aromatic carbocycles. The minimum Gasteiger partial charge on any atom is -0.451 e. The van der Waals surface area contributed by atoms with E-state index >= 15 is 4.39 Å². The number of likely N-dealkylation sites (tertiary alicyclic amines) is 1. The van der Waals surface area contributed by atoms with E-state index in [1.165, 1.54) is 18.9 Å². The number of morpholine rings is 1. The van der Waals surface area contributed by atoms with Crippen LogP contribution in [-0.4, -0.2) is 72.8 Å². The van der Waals surface area contributed by atoms with Crippen LogP contribution in [0.4, 0.5) is 10.1 Å². The number of anilines is 1. The van der Waals surface area contributed by atoms with Crippen molar-refractivity contribution in [3.63, 3.8) is 0 Å². The van der Waals surface area contributed by atoms with Crippen LogP contribution in [0, 0.1) is 5.82 Å². The van der Waals surface area contributed by atoms with Crippen LogP contribution < -0.4 is 15.5 Å². The molecule has 0 saturated carbocycles. The van der Waals surface area contributed by atoms with Gasteiger partial charge in [0.25, 0.3) is 5.91 Å². The minimum absolute atomic E-state index is 0.00509. The fraction of sp³-hybridized carbons (Fsp3) is 0.333. The second kappa shape index (κ2) is 9.66. The molecule has 2 fully saturated rings. The summed E-state index contributed by atoms with van der Waals surface area (Å²) in [4.78, 5) is 31.1. The van der Waals surface area contributed by atoms with Crippen molar-refractivity contribution in [1.29, 1.82) is 0 Å². The Bertz CT molecular complexity index is 1670. The molecule has 8 nitrogen and oxygen atoms in total. The third-order valence-electron chi connectivity index (χ3n) is 7.95. The highest BCUT2D eigenvalue weighted by atomic mass is 19.1. The number of rotatable bonds is 5. The van der Waals surface area contributed by atoms with Gasteiger partial charge in [0.2, 0.25) is 5.43 Å². The Labute approximate surface area is 224 Å². The second-order valence-corrected chi connectivity index (χ2v) is 10.3. The molecule has 39 heavy (non-hydrogen) atoms. The van der Waals surface area contributed by atoms with Crippen molar-refractivity contribution < 1.29 is 18.7 Å². The van der Waals surface area contributed by atoms with Crippen LogP contribution in [0.2, 0.25) is 0 Å². The Kier molecular flexibility index (Phi) is 5.97. The van der Waals surface area contributed by atoms with Crippen LogP contribution >= 0.6 is 0 Å². The Balaban J connectivity index is 1.41. The van der Waals surface area contributed by atoms with Crippen LogP contribution in [0.15, 0.2) is 53.5 Å². The summed E-state index contributed by atoms with van der Waals surface area (Å²) >= 11 is 0. The molecule has 3 aliphatic heterocycles. The van der Waals surface area contributed by atoms with Gasteiger partial charge in [-0.1, -0.05) is 24.3 Å². The van der Waals surface area contributed by atoms with Crippen LogP contribution in [-0.2, 0) is 4.74 Å². The maximum atomic E-state index is 15.7. The Morgan fingerprint density at radius 3 is 2.51 bits per heavy atom. The quantitative estimate of drug-likeness (QED) is 0.365. The molecule has 4 heterocycles. The average Bonchev–Trinajstić information content (AvgIpc) is 3.48. The standard InChI is InChI=1S/C30H29FN4O4/c31-23-17-21-27-29(26(23)32-7-10-33-8-3-4-9-33)39-25-16-20-6-2-1-5-19(20)15-24(25)35(27)18-22(28(21)36)30(37)34-11-13-38-14-12-34/h1-2,5-6,15-18,32H,3-4,7-14H2. The van der Waals surface area contributed by atoms with Gasteiger partial charge in [0.15, 0.2) is 17.3 Å². The molecule has 1 amide bonds. The van der Waals surface area contributed by atoms with Gasteiger partial charge in [0.05, 0.1) is 24.3 Å². The molecule has 3 aliphatic rings. The highest BCUT2D eigenvalue weighted by Gasteiger charge is 2.30. The Morgan fingerprint density at radius 2 is 1.74 bits per heavy atom. The first kappa shape index (κ1) is 24.1. The number of halogens is 1. The highest BCUT2D eigenvalue weighted by Crippen LogP contribution is 2.46. The Hall–Kier alpha value is -3.95. The van der Waals surface area contributed by atoms with Crippen molar-refractivity contribution in [2.45, 2.75) is 12.8 Å². The monoisotopic (exact) mass is 528 g/mol. The summed E-state index contributed by atoms with van der Waals surface area (Å²) in [6, 6.07) is 13.0. The first-order chi connectivity index (χ1) is 19.1. The van der Waals surface area contributed by atoms with Gasteiger partial charge in [-0.3, -0.25) is 9.59 Å². The Morgan fingerprint density at radius 1 is 1.00 bits per heavy atom. The number of hydrogen-bond acceptors (Lipinski definition) is 6. The van der Waals surface area contributed by atoms with Crippen molar-refractivity contribution in [3.05, 3.63) is 70.3 Å². The fourth-order valence-corrected chi connectivity index (χ4v) is 5.90. The van der Waals surface area contributed by atoms with E-state index in [0.717, 1.165) is 30.4 Å². The number of carbonyl (C=O) groups is 1. The molecule has 4 aromatic rings. The number of ether oxygens (including phenoxy) is 2. The first-order valence-electron chi connectivity index (χ1n) is 13.5. The predicted octanol–water partition coefficient (Wildman–Crippen LogP) is 4.37. The number of amides is 1. The van der Waals surface area contributed by atoms with Crippen LogP contribution in [0.3, 0.4) is 0 Å². The van der Waals surface area contributed by atoms with E-state index in [9.17, 15) is 9.59 Å². The van der Waals surface area contributed by atoms with E-state index < -0.39 is 11.2 Å². The summed E-state index contributed by atoms with van der Waals surface area (Å²) in [5.74, 6) is -0.166. The molecular formula is C30H29FN4O4. The van der Waals surface area contributed by atoms with E-state index in [1.807, 2.05) is 41.0 Å². The number of pyridine rings is 1. The summed E-state index contributed by atoms with van der Waals surface area (Å²) in [5.41, 5.74) is 0.865. The summed E-state index contributed by atoms with van der Waals surface area (Å²) in [5, 5.41) is 5.32. The summed E-state index contributed by atoms with van der Waals surface area (Å²) < 4.78 is 29.3. The van der Waals surface area contributed by atoms with Gasteiger partial charge in [-0.2, -0.15) is 0 Å². The van der Waals surface area contributed by atoms with Crippen molar-refractivity contribution in [1.82, 2.24) is 14.4 Å². The maximum Gasteiger partial charge on any atom is 0.259 e. The lowest BCUT2D eigenvalue weighted by molar-refractivity contribution is 0.0302. The van der Waals surface area contributed by atoms with Gasteiger partial charge in [-0.05, 0) is 54.9 Å². The van der Waals surface area contributed by atoms with Gasteiger partial charge in [0, 0.05) is 32.4 Å². The summed E-state index contributed by atoms with van der Waals surface area (Å²) in [6.07, 6.45) is 3.95. The average molecular weight is 529 g/mol. The van der Waals surface area contributed by atoms with Crippen molar-refractivity contribution in [2.75, 3.05) is 57.8 Å². The molecule has 0 radical (unpaired) electrons. The molecule has 0 atom stereocenters. The number of benzene rings is 3. The maximum absolute atomic E-state index is 15.7. The SMILES string of the molecule is O=C(c1cn2c3c(c(NCCN4CCCC4)c(F)cc3c1=O)Oc1cc3ccccc3cc1-2)N1CCOCC1. The lowest BCUT2D eigenvalue weighted by atomic mass is 10.0. The van der Waals surface area contributed by atoms with Gasteiger partial charge in [0.1, 0.15) is 16.8 Å².